The van der Waals surface area contributed by atoms with Gasteiger partial charge in [0.15, 0.2) is 0 Å². The Labute approximate surface area is 107 Å². The van der Waals surface area contributed by atoms with Gasteiger partial charge in [-0.1, -0.05) is 6.92 Å². The highest BCUT2D eigenvalue weighted by Gasteiger charge is 2.30. The zero-order valence-corrected chi connectivity index (χ0v) is 11.9. The smallest absolute Gasteiger partial charge is 0.0477 e. The molecule has 0 aliphatic heterocycles. The third kappa shape index (κ3) is 6.39. The molecule has 0 aromatic rings. The summed E-state index contributed by atoms with van der Waals surface area (Å²) in [4.78, 5) is 2.68. The van der Waals surface area contributed by atoms with Crippen LogP contribution in [0, 0.1) is 0 Å². The van der Waals surface area contributed by atoms with E-state index in [2.05, 4.69) is 24.1 Å². The van der Waals surface area contributed by atoms with Crippen LogP contribution in [0.3, 0.4) is 0 Å². The lowest BCUT2D eigenvalue weighted by molar-refractivity contribution is 0.143. The Balaban J connectivity index is 2.03. The average molecular weight is 242 g/mol. The normalized spacial score (nSPS) is 17.6. The Morgan fingerprint density at radius 1 is 1.35 bits per heavy atom. The molecule has 3 heteroatoms. The van der Waals surface area contributed by atoms with E-state index in [1.165, 1.54) is 25.8 Å². The second kappa shape index (κ2) is 8.90. The lowest BCUT2D eigenvalue weighted by Crippen LogP contribution is -2.42. The molecule has 1 rings (SSSR count). The molecule has 3 nitrogen and oxygen atoms in total. The maximum Gasteiger partial charge on any atom is 0.0477 e. The van der Waals surface area contributed by atoms with Crippen LogP contribution in [0.4, 0.5) is 0 Å². The molecule has 0 aromatic heterocycles. The van der Waals surface area contributed by atoms with Crippen molar-refractivity contribution < 1.29 is 4.74 Å². The van der Waals surface area contributed by atoms with Crippen LogP contribution in [-0.2, 0) is 4.74 Å². The van der Waals surface area contributed by atoms with Gasteiger partial charge in [0.05, 0.1) is 0 Å². The molecule has 1 aliphatic rings. The van der Waals surface area contributed by atoms with Gasteiger partial charge in [0.25, 0.3) is 0 Å². The second-order valence-electron chi connectivity index (χ2n) is 5.07. The van der Waals surface area contributed by atoms with Gasteiger partial charge in [-0.2, -0.15) is 0 Å². The largest absolute Gasteiger partial charge is 0.382 e. The minimum atomic E-state index is 0.676. The summed E-state index contributed by atoms with van der Waals surface area (Å²) in [6.07, 6.45) is 5.21. The summed E-state index contributed by atoms with van der Waals surface area (Å²) in [5.41, 5.74) is 0. The van der Waals surface area contributed by atoms with Crippen LogP contribution in [0.15, 0.2) is 0 Å². The van der Waals surface area contributed by atoms with Crippen molar-refractivity contribution in [1.29, 1.82) is 0 Å². The van der Waals surface area contributed by atoms with Gasteiger partial charge in [0.2, 0.25) is 0 Å². The average Bonchev–Trinajstić information content (AvgIpc) is 3.14. The van der Waals surface area contributed by atoms with E-state index in [1.54, 1.807) is 0 Å². The summed E-state index contributed by atoms with van der Waals surface area (Å²) < 4.78 is 5.32. The van der Waals surface area contributed by atoms with E-state index in [1.807, 2.05) is 6.92 Å². The number of hydrogen-bond acceptors (Lipinski definition) is 3. The monoisotopic (exact) mass is 242 g/mol. The number of rotatable bonds is 11. The first kappa shape index (κ1) is 14.9. The van der Waals surface area contributed by atoms with E-state index in [9.17, 15) is 0 Å². The maximum atomic E-state index is 5.32. The Morgan fingerprint density at radius 2 is 2.12 bits per heavy atom. The van der Waals surface area contributed by atoms with Gasteiger partial charge in [-0.25, -0.2) is 0 Å². The van der Waals surface area contributed by atoms with Crippen molar-refractivity contribution in [2.24, 2.45) is 0 Å². The molecule has 1 atom stereocenters. The molecule has 0 amide bonds. The predicted octanol–water partition coefficient (Wildman–Crippen LogP) is 2.27. The minimum absolute atomic E-state index is 0.676. The molecule has 1 aliphatic carbocycles. The van der Waals surface area contributed by atoms with Gasteiger partial charge >= 0.3 is 0 Å². The lowest BCUT2D eigenvalue weighted by atomic mass is 10.2. The van der Waals surface area contributed by atoms with Crippen molar-refractivity contribution in [2.75, 3.05) is 32.8 Å². The maximum absolute atomic E-state index is 5.32. The highest BCUT2D eigenvalue weighted by Crippen LogP contribution is 2.28. The Kier molecular flexibility index (Phi) is 7.82. The first-order chi connectivity index (χ1) is 8.29. The van der Waals surface area contributed by atoms with Crippen LogP contribution < -0.4 is 5.32 Å². The molecular weight excluding hydrogens is 212 g/mol. The summed E-state index contributed by atoms with van der Waals surface area (Å²) in [6, 6.07) is 1.56. The SMILES string of the molecule is CCCN(C(C)CNCCCOCC)C1CC1. The zero-order chi connectivity index (χ0) is 12.5. The van der Waals surface area contributed by atoms with Crippen LogP contribution in [0.5, 0.6) is 0 Å². The standard InChI is InChI=1S/C14H30N2O/c1-4-10-16(14-7-8-14)13(3)12-15-9-6-11-17-5-2/h13-15H,4-12H2,1-3H3. The zero-order valence-electron chi connectivity index (χ0n) is 11.9. The Hall–Kier alpha value is -0.120. The molecule has 0 heterocycles. The summed E-state index contributed by atoms with van der Waals surface area (Å²) >= 11 is 0. The van der Waals surface area contributed by atoms with Crippen molar-refractivity contribution in [2.45, 2.75) is 58.5 Å². The van der Waals surface area contributed by atoms with Crippen molar-refractivity contribution in [3.05, 3.63) is 0 Å². The first-order valence-corrected chi connectivity index (χ1v) is 7.33. The Morgan fingerprint density at radius 3 is 2.71 bits per heavy atom. The highest BCUT2D eigenvalue weighted by atomic mass is 16.5. The fraction of sp³-hybridized carbons (Fsp3) is 1.00. The van der Waals surface area contributed by atoms with Crippen molar-refractivity contribution in [1.82, 2.24) is 10.2 Å². The fourth-order valence-electron chi connectivity index (χ4n) is 2.30. The summed E-state index contributed by atoms with van der Waals surface area (Å²) in [7, 11) is 0. The van der Waals surface area contributed by atoms with Crippen LogP contribution in [-0.4, -0.2) is 49.8 Å². The Bertz CT molecular complexity index is 183. The van der Waals surface area contributed by atoms with Gasteiger partial charge in [0, 0.05) is 31.8 Å². The van der Waals surface area contributed by atoms with Crippen LogP contribution >= 0.6 is 0 Å². The summed E-state index contributed by atoms with van der Waals surface area (Å²) in [5.74, 6) is 0. The van der Waals surface area contributed by atoms with E-state index in [-0.39, 0.29) is 0 Å². The number of nitrogens with zero attached hydrogens (tertiary/aromatic N) is 1. The van der Waals surface area contributed by atoms with E-state index >= 15 is 0 Å². The van der Waals surface area contributed by atoms with Crippen LogP contribution in [0.25, 0.3) is 0 Å². The van der Waals surface area contributed by atoms with E-state index in [0.717, 1.165) is 38.8 Å². The van der Waals surface area contributed by atoms with Gasteiger partial charge in [-0.15, -0.1) is 0 Å². The van der Waals surface area contributed by atoms with Crippen LogP contribution in [0.2, 0.25) is 0 Å². The minimum Gasteiger partial charge on any atom is -0.382 e. The molecule has 0 aromatic carbocycles. The molecule has 1 fully saturated rings. The molecule has 1 unspecified atom stereocenters. The third-order valence-corrected chi connectivity index (χ3v) is 3.35. The van der Waals surface area contributed by atoms with Crippen molar-refractivity contribution in [3.63, 3.8) is 0 Å². The van der Waals surface area contributed by atoms with Gasteiger partial charge < -0.3 is 10.1 Å². The molecule has 17 heavy (non-hydrogen) atoms. The number of ether oxygens (including phenoxy) is 1. The van der Waals surface area contributed by atoms with Gasteiger partial charge in [-0.3, -0.25) is 4.90 Å². The summed E-state index contributed by atoms with van der Waals surface area (Å²) in [5, 5.41) is 3.54. The van der Waals surface area contributed by atoms with Gasteiger partial charge in [0.1, 0.15) is 0 Å². The van der Waals surface area contributed by atoms with Crippen LogP contribution in [0.1, 0.15) is 46.5 Å². The number of hydrogen-bond donors (Lipinski definition) is 1. The molecule has 0 radical (unpaired) electrons. The highest BCUT2D eigenvalue weighted by molar-refractivity contribution is 4.87. The molecule has 0 bridgehead atoms. The van der Waals surface area contributed by atoms with E-state index < -0.39 is 0 Å². The summed E-state index contributed by atoms with van der Waals surface area (Å²) in [6.45, 7) is 11.8. The molecule has 102 valence electrons. The van der Waals surface area contributed by atoms with E-state index in [4.69, 9.17) is 4.74 Å². The number of nitrogens with one attached hydrogen (secondary N) is 1. The molecule has 0 spiro atoms. The molecule has 1 saturated carbocycles. The third-order valence-electron chi connectivity index (χ3n) is 3.35. The van der Waals surface area contributed by atoms with Crippen molar-refractivity contribution >= 4 is 0 Å². The predicted molar refractivity (Wildman–Crippen MR) is 73.5 cm³/mol. The van der Waals surface area contributed by atoms with E-state index in [0.29, 0.717) is 6.04 Å². The molecule has 1 N–H and O–H groups in total. The fourth-order valence-corrected chi connectivity index (χ4v) is 2.30. The molecule has 0 saturated heterocycles. The lowest BCUT2D eigenvalue weighted by Gasteiger charge is -2.29. The second-order valence-corrected chi connectivity index (χ2v) is 5.07. The van der Waals surface area contributed by atoms with Gasteiger partial charge in [-0.05, 0) is 52.6 Å². The quantitative estimate of drug-likeness (QED) is 0.563. The first-order valence-electron chi connectivity index (χ1n) is 7.33. The molecular formula is C14H30N2O. The topological polar surface area (TPSA) is 24.5 Å². The van der Waals surface area contributed by atoms with Crippen molar-refractivity contribution in [3.8, 4) is 0 Å².